The van der Waals surface area contributed by atoms with E-state index < -0.39 is 0 Å². The Labute approximate surface area is 233 Å². The van der Waals surface area contributed by atoms with E-state index in [-0.39, 0.29) is 5.41 Å². The summed E-state index contributed by atoms with van der Waals surface area (Å²) in [5, 5.41) is 3.36. The van der Waals surface area contributed by atoms with Gasteiger partial charge in [-0.05, 0) is 111 Å². The number of ether oxygens (including phenoxy) is 1. The molecule has 0 aliphatic heterocycles. The highest BCUT2D eigenvalue weighted by molar-refractivity contribution is 5.83. The lowest BCUT2D eigenvalue weighted by Crippen LogP contribution is -2.53. The fourth-order valence-corrected chi connectivity index (χ4v) is 8.23. The van der Waals surface area contributed by atoms with Gasteiger partial charge in [-0.1, -0.05) is 38.1 Å². The Morgan fingerprint density at radius 2 is 1.77 bits per heavy atom. The van der Waals surface area contributed by atoms with E-state index in [0.29, 0.717) is 25.0 Å². The highest BCUT2D eigenvalue weighted by atomic mass is 16.5. The molecule has 3 aromatic rings. The van der Waals surface area contributed by atoms with Gasteiger partial charge in [0.05, 0.1) is 17.6 Å². The van der Waals surface area contributed by atoms with E-state index >= 15 is 0 Å². The maximum absolute atomic E-state index is 13.4. The Morgan fingerprint density at radius 1 is 1.05 bits per heavy atom. The first-order valence-corrected chi connectivity index (χ1v) is 15.4. The third-order valence-corrected chi connectivity index (χ3v) is 9.71. The monoisotopic (exact) mass is 527 g/mol. The number of hydrogen-bond donors (Lipinski definition) is 1. The van der Waals surface area contributed by atoms with Crippen molar-refractivity contribution in [3.8, 4) is 5.75 Å². The van der Waals surface area contributed by atoms with Crippen LogP contribution < -0.4 is 10.1 Å². The highest BCUT2D eigenvalue weighted by Gasteiger charge is 2.54. The van der Waals surface area contributed by atoms with Crippen molar-refractivity contribution in [2.45, 2.75) is 91.0 Å². The smallest absolute Gasteiger partial charge is 0.226 e. The summed E-state index contributed by atoms with van der Waals surface area (Å²) in [6.07, 6.45) is 10.2. The van der Waals surface area contributed by atoms with E-state index in [9.17, 15) is 4.79 Å². The third kappa shape index (κ3) is 5.47. The number of fused-ring (bicyclic) bond motifs is 1. The molecule has 2 aromatic carbocycles. The molecule has 4 aliphatic rings. The predicted molar refractivity (Wildman–Crippen MR) is 157 cm³/mol. The van der Waals surface area contributed by atoms with Gasteiger partial charge in [0.15, 0.2) is 0 Å². The van der Waals surface area contributed by atoms with Crippen molar-refractivity contribution in [1.29, 1.82) is 0 Å². The molecule has 39 heavy (non-hydrogen) atoms. The van der Waals surface area contributed by atoms with E-state index in [1.54, 1.807) is 0 Å². The van der Waals surface area contributed by atoms with Crippen molar-refractivity contribution >= 4 is 16.9 Å². The van der Waals surface area contributed by atoms with Gasteiger partial charge in [0.2, 0.25) is 5.91 Å². The molecule has 4 aliphatic carbocycles. The number of para-hydroxylation sites is 2. The molecule has 1 amide bonds. The lowest BCUT2D eigenvalue weighted by Gasteiger charge is -2.55. The fraction of sp³-hybridized carbons (Fsp3) is 0.588. The first kappa shape index (κ1) is 26.4. The molecule has 5 heteroatoms. The van der Waals surface area contributed by atoms with Gasteiger partial charge in [-0.3, -0.25) is 4.79 Å². The van der Waals surface area contributed by atoms with Gasteiger partial charge < -0.3 is 14.6 Å². The molecular formula is C34H45N3O2. The van der Waals surface area contributed by atoms with Gasteiger partial charge >= 0.3 is 0 Å². The SMILES string of the molecule is Cc1ccc(C(C)C)c(OCCCCn2c(CCNC(=O)C34CC5CC(CC(C5)C3)C4)nc3ccccc32)c1. The summed E-state index contributed by atoms with van der Waals surface area (Å²) < 4.78 is 8.60. The number of imidazole rings is 1. The van der Waals surface area contributed by atoms with Crippen molar-refractivity contribution < 1.29 is 9.53 Å². The Kier molecular flexibility index (Phi) is 7.43. The molecule has 1 heterocycles. The van der Waals surface area contributed by atoms with Crippen molar-refractivity contribution in [3.05, 3.63) is 59.4 Å². The second kappa shape index (κ2) is 11.0. The van der Waals surface area contributed by atoms with Crippen LogP contribution in [0.25, 0.3) is 11.0 Å². The third-order valence-electron chi connectivity index (χ3n) is 9.71. The van der Waals surface area contributed by atoms with E-state index in [2.05, 4.69) is 73.1 Å². The van der Waals surface area contributed by atoms with Crippen LogP contribution in [-0.4, -0.2) is 28.6 Å². The largest absolute Gasteiger partial charge is 0.493 e. The summed E-state index contributed by atoms with van der Waals surface area (Å²) in [5.74, 6) is 5.23. The zero-order valence-electron chi connectivity index (χ0n) is 24.0. The van der Waals surface area contributed by atoms with Crippen LogP contribution in [0.3, 0.4) is 0 Å². The summed E-state index contributed by atoms with van der Waals surface area (Å²) >= 11 is 0. The van der Waals surface area contributed by atoms with Crippen LogP contribution in [0, 0.1) is 30.1 Å². The first-order chi connectivity index (χ1) is 18.9. The van der Waals surface area contributed by atoms with Gasteiger partial charge in [-0.2, -0.15) is 0 Å². The maximum atomic E-state index is 13.4. The minimum Gasteiger partial charge on any atom is -0.493 e. The second-order valence-electron chi connectivity index (χ2n) is 13.1. The maximum Gasteiger partial charge on any atom is 0.226 e. The number of carbonyl (C=O) groups is 1. The number of hydrogen-bond acceptors (Lipinski definition) is 3. The standard InChI is InChI=1S/C34H45N3O2/c1-23(2)28-11-10-24(3)16-31(28)39-15-7-6-14-37-30-9-5-4-8-29(30)36-32(37)12-13-35-33(38)34-20-25-17-26(21-34)19-27(18-25)22-34/h4-5,8-11,16,23,25-27H,6-7,12-15,17-22H2,1-3H3,(H,35,38). The lowest BCUT2D eigenvalue weighted by atomic mass is 9.49. The molecule has 1 aromatic heterocycles. The zero-order valence-corrected chi connectivity index (χ0v) is 24.0. The molecule has 5 nitrogen and oxygen atoms in total. The van der Waals surface area contributed by atoms with Gasteiger partial charge in [0.1, 0.15) is 11.6 Å². The molecule has 4 fully saturated rings. The quantitative estimate of drug-likeness (QED) is 0.268. The molecule has 4 saturated carbocycles. The number of rotatable bonds is 11. The van der Waals surface area contributed by atoms with Crippen LogP contribution in [0.1, 0.15) is 88.1 Å². The fourth-order valence-electron chi connectivity index (χ4n) is 8.23. The Balaban J connectivity index is 1.05. The average molecular weight is 528 g/mol. The van der Waals surface area contributed by atoms with Gasteiger partial charge in [0.25, 0.3) is 0 Å². The summed E-state index contributed by atoms with van der Waals surface area (Å²) in [5.41, 5.74) is 4.65. The normalized spacial score (nSPS) is 25.5. The first-order valence-electron chi connectivity index (χ1n) is 15.4. The lowest BCUT2D eigenvalue weighted by molar-refractivity contribution is -0.146. The number of nitrogens with one attached hydrogen (secondary N) is 1. The van der Waals surface area contributed by atoms with Crippen LogP contribution >= 0.6 is 0 Å². The van der Waals surface area contributed by atoms with Crippen molar-refractivity contribution in [2.75, 3.05) is 13.2 Å². The Morgan fingerprint density at radius 3 is 2.49 bits per heavy atom. The summed E-state index contributed by atoms with van der Waals surface area (Å²) in [4.78, 5) is 18.4. The topological polar surface area (TPSA) is 56.1 Å². The number of carbonyl (C=O) groups excluding carboxylic acids is 1. The van der Waals surface area contributed by atoms with E-state index in [0.717, 1.165) is 79.9 Å². The number of benzene rings is 2. The van der Waals surface area contributed by atoms with Gasteiger partial charge in [-0.25, -0.2) is 4.98 Å². The average Bonchev–Trinajstić information content (AvgIpc) is 3.25. The van der Waals surface area contributed by atoms with E-state index in [1.807, 2.05) is 0 Å². The molecule has 208 valence electrons. The van der Waals surface area contributed by atoms with Crippen LogP contribution in [0.15, 0.2) is 42.5 Å². The van der Waals surface area contributed by atoms with Crippen LogP contribution in [0.4, 0.5) is 0 Å². The molecule has 0 radical (unpaired) electrons. The molecular weight excluding hydrogens is 482 g/mol. The molecule has 0 saturated heterocycles. The summed E-state index contributed by atoms with van der Waals surface area (Å²) in [6.45, 7) is 8.84. The van der Waals surface area contributed by atoms with E-state index in [1.165, 1.54) is 35.9 Å². The minimum absolute atomic E-state index is 0.0817. The number of amides is 1. The second-order valence-corrected chi connectivity index (χ2v) is 13.1. The molecule has 0 atom stereocenters. The summed E-state index contributed by atoms with van der Waals surface area (Å²) in [7, 11) is 0. The Bertz CT molecular complexity index is 1290. The van der Waals surface area contributed by atoms with Crippen molar-refractivity contribution in [3.63, 3.8) is 0 Å². The van der Waals surface area contributed by atoms with Crippen LogP contribution in [0.2, 0.25) is 0 Å². The van der Waals surface area contributed by atoms with E-state index in [4.69, 9.17) is 9.72 Å². The van der Waals surface area contributed by atoms with Crippen LogP contribution in [-0.2, 0) is 17.8 Å². The van der Waals surface area contributed by atoms with Crippen molar-refractivity contribution in [1.82, 2.24) is 14.9 Å². The van der Waals surface area contributed by atoms with Crippen molar-refractivity contribution in [2.24, 2.45) is 23.2 Å². The van der Waals surface area contributed by atoms with Gasteiger partial charge in [-0.15, -0.1) is 0 Å². The van der Waals surface area contributed by atoms with Crippen LogP contribution in [0.5, 0.6) is 5.75 Å². The molecule has 0 unspecified atom stereocenters. The van der Waals surface area contributed by atoms with Gasteiger partial charge in [0, 0.05) is 24.9 Å². The number of unbranched alkanes of at least 4 members (excludes halogenated alkanes) is 1. The predicted octanol–water partition coefficient (Wildman–Crippen LogP) is 7.20. The molecule has 4 bridgehead atoms. The summed E-state index contributed by atoms with van der Waals surface area (Å²) in [6, 6.07) is 14.9. The minimum atomic E-state index is -0.0817. The number of aromatic nitrogens is 2. The molecule has 1 N–H and O–H groups in total. The number of nitrogens with zero attached hydrogens (tertiary/aromatic N) is 2. The Hall–Kier alpha value is -2.82. The molecule has 7 rings (SSSR count). The molecule has 0 spiro atoms. The zero-order chi connectivity index (χ0) is 27.0. The highest BCUT2D eigenvalue weighted by Crippen LogP contribution is 2.60. The number of aryl methyl sites for hydroxylation is 2.